The average Bonchev–Trinajstić information content (AvgIpc) is 2.30. The molecular formula is C13H19N3. The fourth-order valence-electron chi connectivity index (χ4n) is 3.09. The fourth-order valence-corrected chi connectivity index (χ4v) is 3.09. The molecule has 3 rings (SSSR count). The van der Waals surface area contributed by atoms with Gasteiger partial charge in [0.05, 0.1) is 0 Å². The summed E-state index contributed by atoms with van der Waals surface area (Å²) >= 11 is 0. The van der Waals surface area contributed by atoms with Crippen molar-refractivity contribution in [3.63, 3.8) is 0 Å². The summed E-state index contributed by atoms with van der Waals surface area (Å²) in [4.78, 5) is 6.67. The van der Waals surface area contributed by atoms with Crippen LogP contribution in [0.3, 0.4) is 0 Å². The van der Waals surface area contributed by atoms with Gasteiger partial charge in [-0.15, -0.1) is 0 Å². The van der Waals surface area contributed by atoms with Crippen molar-refractivity contribution in [3.8, 4) is 0 Å². The molecule has 3 heterocycles. The van der Waals surface area contributed by atoms with Gasteiger partial charge in [0.15, 0.2) is 0 Å². The predicted molar refractivity (Wildman–Crippen MR) is 64.0 cm³/mol. The van der Waals surface area contributed by atoms with E-state index in [1.165, 1.54) is 38.2 Å². The van der Waals surface area contributed by atoms with E-state index in [0.717, 1.165) is 18.4 Å². The molecule has 2 saturated heterocycles. The molecule has 0 spiro atoms. The fraction of sp³-hybridized carbons (Fsp3) is 0.615. The maximum atomic E-state index is 4.07. The molecule has 86 valence electrons. The SMILES string of the molecule is c1cc(CN2CC3CNCC(C3)C2)ccn1. The van der Waals surface area contributed by atoms with Crippen molar-refractivity contribution in [1.29, 1.82) is 0 Å². The zero-order valence-electron chi connectivity index (χ0n) is 9.60. The van der Waals surface area contributed by atoms with Crippen LogP contribution < -0.4 is 5.32 Å². The third-order valence-electron chi connectivity index (χ3n) is 3.72. The summed E-state index contributed by atoms with van der Waals surface area (Å²) in [7, 11) is 0. The number of hydrogen-bond donors (Lipinski definition) is 1. The van der Waals surface area contributed by atoms with Crippen molar-refractivity contribution >= 4 is 0 Å². The normalized spacial score (nSPS) is 30.2. The Kier molecular flexibility index (Phi) is 2.89. The van der Waals surface area contributed by atoms with Gasteiger partial charge in [-0.05, 0) is 49.0 Å². The monoisotopic (exact) mass is 217 g/mol. The Morgan fingerprint density at radius 2 is 1.88 bits per heavy atom. The molecule has 3 nitrogen and oxygen atoms in total. The van der Waals surface area contributed by atoms with Crippen LogP contribution in [0, 0.1) is 11.8 Å². The first-order valence-electron chi connectivity index (χ1n) is 6.22. The second kappa shape index (κ2) is 4.52. The lowest BCUT2D eigenvalue weighted by Gasteiger charge is -2.41. The summed E-state index contributed by atoms with van der Waals surface area (Å²) in [6.45, 7) is 6.03. The Balaban J connectivity index is 1.63. The van der Waals surface area contributed by atoms with Crippen LogP contribution in [-0.4, -0.2) is 36.1 Å². The Hall–Kier alpha value is -0.930. The van der Waals surface area contributed by atoms with Gasteiger partial charge in [-0.1, -0.05) is 0 Å². The molecule has 0 aromatic carbocycles. The van der Waals surface area contributed by atoms with E-state index >= 15 is 0 Å². The molecule has 2 fully saturated rings. The number of fused-ring (bicyclic) bond motifs is 2. The number of piperidine rings is 2. The molecule has 2 aliphatic rings. The minimum Gasteiger partial charge on any atom is -0.316 e. The minimum absolute atomic E-state index is 0.870. The maximum absolute atomic E-state index is 4.07. The second-order valence-electron chi connectivity index (χ2n) is 5.18. The summed E-state index contributed by atoms with van der Waals surface area (Å²) in [6, 6.07) is 4.26. The predicted octanol–water partition coefficient (Wildman–Crippen LogP) is 1.12. The lowest BCUT2D eigenvalue weighted by atomic mass is 9.86. The molecule has 3 heteroatoms. The number of nitrogens with zero attached hydrogens (tertiary/aromatic N) is 2. The molecular weight excluding hydrogens is 198 g/mol. The van der Waals surface area contributed by atoms with Gasteiger partial charge in [-0.25, -0.2) is 0 Å². The summed E-state index contributed by atoms with van der Waals surface area (Å²) in [6.07, 6.45) is 5.21. The topological polar surface area (TPSA) is 28.2 Å². The molecule has 2 aliphatic heterocycles. The van der Waals surface area contributed by atoms with Gasteiger partial charge in [0.2, 0.25) is 0 Å². The van der Waals surface area contributed by atoms with Crippen molar-refractivity contribution in [1.82, 2.24) is 15.2 Å². The van der Waals surface area contributed by atoms with E-state index in [1.54, 1.807) is 0 Å². The Morgan fingerprint density at radius 1 is 1.19 bits per heavy atom. The third-order valence-corrected chi connectivity index (χ3v) is 3.72. The van der Waals surface area contributed by atoms with Crippen molar-refractivity contribution in [2.45, 2.75) is 13.0 Å². The average molecular weight is 217 g/mol. The molecule has 2 atom stereocenters. The van der Waals surface area contributed by atoms with E-state index in [9.17, 15) is 0 Å². The second-order valence-corrected chi connectivity index (χ2v) is 5.18. The van der Waals surface area contributed by atoms with Crippen LogP contribution in [0.4, 0.5) is 0 Å². The summed E-state index contributed by atoms with van der Waals surface area (Å²) < 4.78 is 0. The van der Waals surface area contributed by atoms with Gasteiger partial charge in [0.1, 0.15) is 0 Å². The highest BCUT2D eigenvalue weighted by Gasteiger charge is 2.29. The van der Waals surface area contributed by atoms with Crippen LogP contribution in [0.15, 0.2) is 24.5 Å². The first-order valence-corrected chi connectivity index (χ1v) is 6.22. The van der Waals surface area contributed by atoms with E-state index in [4.69, 9.17) is 0 Å². The van der Waals surface area contributed by atoms with E-state index in [2.05, 4.69) is 27.3 Å². The summed E-state index contributed by atoms with van der Waals surface area (Å²) in [5.74, 6) is 1.74. The van der Waals surface area contributed by atoms with Gasteiger partial charge < -0.3 is 5.32 Å². The maximum Gasteiger partial charge on any atom is 0.0271 e. The first-order chi connectivity index (χ1) is 7.90. The smallest absolute Gasteiger partial charge is 0.0271 e. The van der Waals surface area contributed by atoms with Gasteiger partial charge in [0.25, 0.3) is 0 Å². The number of hydrogen-bond acceptors (Lipinski definition) is 3. The van der Waals surface area contributed by atoms with Crippen LogP contribution in [0.2, 0.25) is 0 Å². The highest BCUT2D eigenvalue weighted by molar-refractivity contribution is 5.09. The van der Waals surface area contributed by atoms with Crippen LogP contribution in [-0.2, 0) is 6.54 Å². The minimum atomic E-state index is 0.870. The lowest BCUT2D eigenvalue weighted by Crippen LogP contribution is -2.50. The first kappa shape index (κ1) is 10.2. The van der Waals surface area contributed by atoms with Crippen molar-refractivity contribution in [2.24, 2.45) is 11.8 Å². The standard InChI is InChI=1S/C13H19N3/c1-3-14-4-2-11(1)8-16-9-12-5-13(10-16)7-15-6-12/h1-4,12-13,15H,5-10H2. The molecule has 2 bridgehead atoms. The zero-order valence-corrected chi connectivity index (χ0v) is 9.60. The van der Waals surface area contributed by atoms with Crippen LogP contribution >= 0.6 is 0 Å². The van der Waals surface area contributed by atoms with Gasteiger partial charge in [0, 0.05) is 32.0 Å². The molecule has 1 N–H and O–H groups in total. The molecule has 0 saturated carbocycles. The van der Waals surface area contributed by atoms with E-state index in [-0.39, 0.29) is 0 Å². The highest BCUT2D eigenvalue weighted by Crippen LogP contribution is 2.25. The Bertz CT molecular complexity index is 326. The summed E-state index contributed by atoms with van der Waals surface area (Å²) in [5.41, 5.74) is 1.39. The molecule has 1 aromatic rings. The Morgan fingerprint density at radius 3 is 2.56 bits per heavy atom. The number of aromatic nitrogens is 1. The van der Waals surface area contributed by atoms with Crippen molar-refractivity contribution in [3.05, 3.63) is 30.1 Å². The van der Waals surface area contributed by atoms with E-state index in [0.29, 0.717) is 0 Å². The molecule has 0 aliphatic carbocycles. The highest BCUT2D eigenvalue weighted by atomic mass is 15.2. The van der Waals surface area contributed by atoms with Gasteiger partial charge >= 0.3 is 0 Å². The molecule has 2 unspecified atom stereocenters. The zero-order chi connectivity index (χ0) is 10.8. The van der Waals surface area contributed by atoms with Crippen molar-refractivity contribution < 1.29 is 0 Å². The largest absolute Gasteiger partial charge is 0.316 e. The van der Waals surface area contributed by atoms with Gasteiger partial charge in [-0.3, -0.25) is 9.88 Å². The lowest BCUT2D eigenvalue weighted by molar-refractivity contribution is 0.0917. The van der Waals surface area contributed by atoms with Crippen molar-refractivity contribution in [2.75, 3.05) is 26.2 Å². The van der Waals surface area contributed by atoms with E-state index < -0.39 is 0 Å². The number of rotatable bonds is 2. The van der Waals surface area contributed by atoms with Crippen LogP contribution in [0.25, 0.3) is 0 Å². The van der Waals surface area contributed by atoms with Crippen LogP contribution in [0.5, 0.6) is 0 Å². The molecule has 0 amide bonds. The Labute approximate surface area is 96.9 Å². The van der Waals surface area contributed by atoms with E-state index in [1.807, 2.05) is 12.4 Å². The molecule has 16 heavy (non-hydrogen) atoms. The number of nitrogens with one attached hydrogen (secondary N) is 1. The molecule has 1 aromatic heterocycles. The number of likely N-dealkylation sites (tertiary alicyclic amines) is 1. The quantitative estimate of drug-likeness (QED) is 0.804. The third kappa shape index (κ3) is 2.25. The number of pyridine rings is 1. The van der Waals surface area contributed by atoms with Crippen LogP contribution in [0.1, 0.15) is 12.0 Å². The summed E-state index contributed by atoms with van der Waals surface area (Å²) in [5, 5.41) is 3.53. The van der Waals surface area contributed by atoms with Gasteiger partial charge in [-0.2, -0.15) is 0 Å². The molecule has 0 radical (unpaired) electrons.